The quantitative estimate of drug-likeness (QED) is 0.738. The third-order valence-electron chi connectivity index (χ3n) is 2.83. The lowest BCUT2D eigenvalue weighted by molar-refractivity contribution is -0.122. The summed E-state index contributed by atoms with van der Waals surface area (Å²) in [7, 11) is 0. The molecule has 0 atom stereocenters. The molecule has 88 valence electrons. The molecular weight excluding hydrogens is 208 g/mol. The third-order valence-corrected chi connectivity index (χ3v) is 2.83. The molecule has 1 saturated carbocycles. The monoisotopic (exact) mass is 224 g/mol. The number of aliphatic hydroxyl groups excluding tert-OH is 1. The van der Waals surface area contributed by atoms with E-state index in [0.29, 0.717) is 0 Å². The second kappa shape index (κ2) is 5.07. The van der Waals surface area contributed by atoms with Gasteiger partial charge in [0.05, 0.1) is 6.10 Å². The lowest BCUT2D eigenvalue weighted by atomic mass is 9.93. The Bertz CT molecular complexity index is 331. The van der Waals surface area contributed by atoms with Crippen LogP contribution in [0.3, 0.4) is 0 Å². The molecule has 6 heteroatoms. The van der Waals surface area contributed by atoms with E-state index in [4.69, 9.17) is 0 Å². The van der Waals surface area contributed by atoms with Gasteiger partial charge in [-0.2, -0.15) is 5.10 Å². The number of aromatic nitrogens is 3. The van der Waals surface area contributed by atoms with Crippen molar-refractivity contribution in [2.45, 2.75) is 44.4 Å². The molecule has 2 N–H and O–H groups in total. The zero-order valence-electron chi connectivity index (χ0n) is 9.04. The van der Waals surface area contributed by atoms with Crippen molar-refractivity contribution in [2.24, 2.45) is 0 Å². The van der Waals surface area contributed by atoms with Crippen molar-refractivity contribution in [1.29, 1.82) is 0 Å². The number of hydrogen-bond donors (Lipinski definition) is 2. The molecule has 0 saturated heterocycles. The number of amides is 1. The Labute approximate surface area is 93.7 Å². The Morgan fingerprint density at radius 1 is 1.44 bits per heavy atom. The van der Waals surface area contributed by atoms with Crippen molar-refractivity contribution in [3.8, 4) is 0 Å². The van der Waals surface area contributed by atoms with Crippen molar-refractivity contribution in [1.82, 2.24) is 20.1 Å². The average molecular weight is 224 g/mol. The molecule has 1 aliphatic rings. The van der Waals surface area contributed by atoms with Gasteiger partial charge >= 0.3 is 0 Å². The summed E-state index contributed by atoms with van der Waals surface area (Å²) in [6.07, 6.45) is 5.98. The average Bonchev–Trinajstić information content (AvgIpc) is 2.74. The molecule has 1 amide bonds. The molecule has 6 nitrogen and oxygen atoms in total. The Morgan fingerprint density at radius 2 is 2.19 bits per heavy atom. The molecule has 2 rings (SSSR count). The fourth-order valence-electron chi connectivity index (χ4n) is 1.95. The second-order valence-corrected chi connectivity index (χ2v) is 4.17. The highest BCUT2D eigenvalue weighted by Crippen LogP contribution is 2.18. The van der Waals surface area contributed by atoms with Crippen LogP contribution >= 0.6 is 0 Å². The zero-order valence-corrected chi connectivity index (χ0v) is 9.04. The summed E-state index contributed by atoms with van der Waals surface area (Å²) >= 11 is 0. The summed E-state index contributed by atoms with van der Waals surface area (Å²) in [5, 5.41) is 16.1. The van der Waals surface area contributed by atoms with Gasteiger partial charge in [0.1, 0.15) is 19.2 Å². The highest BCUT2D eigenvalue weighted by Gasteiger charge is 2.20. The van der Waals surface area contributed by atoms with Crippen LogP contribution < -0.4 is 5.32 Å². The largest absolute Gasteiger partial charge is 0.393 e. The van der Waals surface area contributed by atoms with E-state index < -0.39 is 0 Å². The van der Waals surface area contributed by atoms with Crippen LogP contribution in [0.1, 0.15) is 25.7 Å². The number of nitrogens with one attached hydrogen (secondary N) is 1. The lowest BCUT2D eigenvalue weighted by Crippen LogP contribution is -2.40. The summed E-state index contributed by atoms with van der Waals surface area (Å²) < 4.78 is 1.49. The van der Waals surface area contributed by atoms with E-state index in [2.05, 4.69) is 15.4 Å². The van der Waals surface area contributed by atoms with Gasteiger partial charge in [-0.3, -0.25) is 4.79 Å². The second-order valence-electron chi connectivity index (χ2n) is 4.17. The maximum atomic E-state index is 11.6. The SMILES string of the molecule is O=C(Cn1cncn1)NC1CCC(O)CC1. The Balaban J connectivity index is 1.75. The number of aliphatic hydroxyl groups is 1. The summed E-state index contributed by atoms with van der Waals surface area (Å²) in [4.78, 5) is 15.4. The van der Waals surface area contributed by atoms with Crippen LogP contribution in [0.15, 0.2) is 12.7 Å². The van der Waals surface area contributed by atoms with Gasteiger partial charge < -0.3 is 10.4 Å². The number of nitrogens with zero attached hydrogens (tertiary/aromatic N) is 3. The Morgan fingerprint density at radius 3 is 2.81 bits per heavy atom. The number of carbonyl (C=O) groups excluding carboxylic acids is 1. The van der Waals surface area contributed by atoms with Crippen LogP contribution in [0.4, 0.5) is 0 Å². The van der Waals surface area contributed by atoms with Gasteiger partial charge in [0.2, 0.25) is 5.91 Å². The minimum atomic E-state index is -0.191. The molecule has 0 aromatic carbocycles. The van der Waals surface area contributed by atoms with Gasteiger partial charge in [-0.15, -0.1) is 0 Å². The maximum Gasteiger partial charge on any atom is 0.242 e. The van der Waals surface area contributed by atoms with E-state index in [1.54, 1.807) is 0 Å². The fraction of sp³-hybridized carbons (Fsp3) is 0.700. The first-order valence-electron chi connectivity index (χ1n) is 5.54. The molecule has 0 bridgehead atoms. The lowest BCUT2D eigenvalue weighted by Gasteiger charge is -2.26. The predicted octanol–water partition coefficient (Wildman–Crippen LogP) is -0.302. The molecule has 1 fully saturated rings. The Hall–Kier alpha value is -1.43. The van der Waals surface area contributed by atoms with E-state index in [9.17, 15) is 9.90 Å². The molecule has 0 radical (unpaired) electrons. The van der Waals surface area contributed by atoms with Gasteiger partial charge in [-0.05, 0) is 25.7 Å². The molecule has 1 aromatic heterocycles. The first kappa shape index (κ1) is 11.1. The molecule has 1 heterocycles. The smallest absolute Gasteiger partial charge is 0.242 e. The van der Waals surface area contributed by atoms with Gasteiger partial charge in [0.25, 0.3) is 0 Å². The summed E-state index contributed by atoms with van der Waals surface area (Å²) in [6, 6.07) is 0.194. The normalized spacial score (nSPS) is 25.3. The molecule has 0 unspecified atom stereocenters. The van der Waals surface area contributed by atoms with E-state index in [1.165, 1.54) is 17.3 Å². The number of carbonyl (C=O) groups is 1. The van der Waals surface area contributed by atoms with Crippen molar-refractivity contribution in [3.63, 3.8) is 0 Å². The van der Waals surface area contributed by atoms with Gasteiger partial charge in [0, 0.05) is 6.04 Å². The zero-order chi connectivity index (χ0) is 11.4. The molecule has 1 aliphatic carbocycles. The van der Waals surface area contributed by atoms with Gasteiger partial charge in [-0.25, -0.2) is 9.67 Å². The van der Waals surface area contributed by atoms with Crippen molar-refractivity contribution < 1.29 is 9.90 Å². The van der Waals surface area contributed by atoms with Crippen LogP contribution in [0.2, 0.25) is 0 Å². The first-order chi connectivity index (χ1) is 7.74. The van der Waals surface area contributed by atoms with E-state index >= 15 is 0 Å². The fourth-order valence-corrected chi connectivity index (χ4v) is 1.95. The number of rotatable bonds is 3. The van der Waals surface area contributed by atoms with Crippen LogP contribution in [0.25, 0.3) is 0 Å². The molecule has 1 aromatic rings. The van der Waals surface area contributed by atoms with Crippen molar-refractivity contribution in [2.75, 3.05) is 0 Å². The molecular formula is C10H16N4O2. The standard InChI is InChI=1S/C10H16N4O2/c15-9-3-1-8(2-4-9)13-10(16)5-14-7-11-6-12-14/h6-9,15H,1-5H2,(H,13,16). The third kappa shape index (κ3) is 3.03. The van der Waals surface area contributed by atoms with Gasteiger partial charge in [-0.1, -0.05) is 0 Å². The predicted molar refractivity (Wildman–Crippen MR) is 56.4 cm³/mol. The highest BCUT2D eigenvalue weighted by atomic mass is 16.3. The van der Waals surface area contributed by atoms with Crippen molar-refractivity contribution in [3.05, 3.63) is 12.7 Å². The molecule has 0 aliphatic heterocycles. The van der Waals surface area contributed by atoms with Crippen molar-refractivity contribution >= 4 is 5.91 Å². The molecule has 0 spiro atoms. The highest BCUT2D eigenvalue weighted by molar-refractivity contribution is 5.75. The van der Waals surface area contributed by atoms with E-state index in [0.717, 1.165) is 25.7 Å². The van der Waals surface area contributed by atoms with E-state index in [1.807, 2.05) is 0 Å². The van der Waals surface area contributed by atoms with Crippen LogP contribution in [0.5, 0.6) is 0 Å². The minimum Gasteiger partial charge on any atom is -0.393 e. The summed E-state index contributed by atoms with van der Waals surface area (Å²) in [5.41, 5.74) is 0. The topological polar surface area (TPSA) is 80.0 Å². The Kier molecular flexibility index (Phi) is 3.51. The van der Waals surface area contributed by atoms with Crippen LogP contribution in [0, 0.1) is 0 Å². The van der Waals surface area contributed by atoms with E-state index in [-0.39, 0.29) is 24.6 Å². The summed E-state index contributed by atoms with van der Waals surface area (Å²) in [6.45, 7) is 0.207. The van der Waals surface area contributed by atoms with Crippen LogP contribution in [-0.4, -0.2) is 37.9 Å². The summed E-state index contributed by atoms with van der Waals surface area (Å²) in [5.74, 6) is -0.0492. The minimum absolute atomic E-state index is 0.0492. The van der Waals surface area contributed by atoms with Gasteiger partial charge in [0.15, 0.2) is 0 Å². The number of hydrogen-bond acceptors (Lipinski definition) is 4. The maximum absolute atomic E-state index is 11.6. The first-order valence-corrected chi connectivity index (χ1v) is 5.54. The van der Waals surface area contributed by atoms with Crippen LogP contribution in [-0.2, 0) is 11.3 Å². The molecule has 16 heavy (non-hydrogen) atoms.